The number of hydrogen-bond donors (Lipinski definition) is 1. The molecule has 0 bridgehead atoms. The van der Waals surface area contributed by atoms with Crippen LogP contribution < -0.4 is 15.0 Å². The van der Waals surface area contributed by atoms with E-state index in [9.17, 15) is 22.8 Å². The molecular weight excluding hydrogens is 593 g/mol. The number of amides is 3. The van der Waals surface area contributed by atoms with Gasteiger partial charge in [-0.3, -0.25) is 9.69 Å². The van der Waals surface area contributed by atoms with E-state index in [0.717, 1.165) is 27.9 Å². The van der Waals surface area contributed by atoms with Crippen molar-refractivity contribution in [3.05, 3.63) is 89.7 Å². The average Bonchev–Trinajstić information content (AvgIpc) is 3.60. The molecular formula is C31H29F3N6O3S. The van der Waals surface area contributed by atoms with Crippen molar-refractivity contribution in [1.29, 1.82) is 0 Å². The number of benzene rings is 3. The lowest BCUT2D eigenvalue weighted by molar-refractivity contribution is -0.274. The number of urea groups is 1. The fraction of sp³-hybridized carbons (Fsp3) is 0.258. The normalized spacial score (nSPS) is 14.5. The number of thioether (sulfide) groups is 1. The molecule has 1 aliphatic rings. The Kier molecular flexibility index (Phi) is 9.04. The molecule has 1 aromatic heterocycles. The van der Waals surface area contributed by atoms with E-state index in [2.05, 4.69) is 39.0 Å². The number of amidine groups is 1. The molecule has 0 atom stereocenters. The van der Waals surface area contributed by atoms with Gasteiger partial charge in [-0.15, -0.1) is 18.3 Å². The highest BCUT2D eigenvalue weighted by Crippen LogP contribution is 2.34. The first-order chi connectivity index (χ1) is 21.0. The minimum atomic E-state index is -4.76. The number of carbonyl (C=O) groups excluding carboxylic acids is 2. The summed E-state index contributed by atoms with van der Waals surface area (Å²) in [5, 5.41) is 7.58. The number of nitrogens with one attached hydrogen (secondary N) is 1. The molecule has 3 aromatic carbocycles. The minimum Gasteiger partial charge on any atom is -0.406 e. The molecule has 0 unspecified atom stereocenters. The highest BCUT2D eigenvalue weighted by molar-refractivity contribution is 8.15. The number of hydrogen-bond acceptors (Lipinski definition) is 6. The number of alkyl halides is 3. The molecule has 0 aliphatic carbocycles. The van der Waals surface area contributed by atoms with Gasteiger partial charge < -0.3 is 10.1 Å². The summed E-state index contributed by atoms with van der Waals surface area (Å²) in [4.78, 5) is 35.5. The van der Waals surface area contributed by atoms with E-state index >= 15 is 0 Å². The zero-order chi connectivity index (χ0) is 31.4. The molecule has 13 heteroatoms. The maximum Gasteiger partial charge on any atom is 0.573 e. The fourth-order valence-corrected chi connectivity index (χ4v) is 5.46. The standard InChI is InChI=1S/C31H29F3N6O3S/c1-19(2)25-13-4-20(3)16-26(25)40-27(41)17-44-30(40)37-29(42)35-15-14-21-5-7-22(8-6-21)28-36-18-39(38-28)23-9-11-24(12-10-23)43-31(32,33)34/h4-13,16,18-19H,14-15,17H2,1-3H3,(H,35,42)/b37-30-. The zero-order valence-corrected chi connectivity index (χ0v) is 24.9. The van der Waals surface area contributed by atoms with Gasteiger partial charge in [0.25, 0.3) is 0 Å². The van der Waals surface area contributed by atoms with Crippen LogP contribution in [-0.4, -0.2) is 50.5 Å². The van der Waals surface area contributed by atoms with Crippen LogP contribution in [0.25, 0.3) is 17.1 Å². The van der Waals surface area contributed by atoms with Gasteiger partial charge in [0.05, 0.1) is 17.1 Å². The van der Waals surface area contributed by atoms with Gasteiger partial charge in [-0.2, -0.15) is 4.99 Å². The number of aromatic nitrogens is 3. The molecule has 0 radical (unpaired) electrons. The van der Waals surface area contributed by atoms with E-state index in [0.29, 0.717) is 29.6 Å². The molecule has 2 heterocycles. The number of aryl methyl sites for hydroxylation is 1. The zero-order valence-electron chi connectivity index (χ0n) is 24.1. The van der Waals surface area contributed by atoms with Crippen LogP contribution in [0.3, 0.4) is 0 Å². The van der Waals surface area contributed by atoms with Gasteiger partial charge in [-0.25, -0.2) is 14.5 Å². The first-order valence-electron chi connectivity index (χ1n) is 13.8. The predicted octanol–water partition coefficient (Wildman–Crippen LogP) is 6.65. The second-order valence-electron chi connectivity index (χ2n) is 10.4. The largest absolute Gasteiger partial charge is 0.573 e. The topological polar surface area (TPSA) is 102 Å². The van der Waals surface area contributed by atoms with Crippen LogP contribution in [0.15, 0.2) is 78.0 Å². The second-order valence-corrected chi connectivity index (χ2v) is 11.3. The van der Waals surface area contributed by atoms with Crippen molar-refractivity contribution in [3.8, 4) is 22.8 Å². The number of carbonyl (C=O) groups is 2. The molecule has 228 valence electrons. The van der Waals surface area contributed by atoms with Gasteiger partial charge in [0, 0.05) is 12.1 Å². The quantitative estimate of drug-likeness (QED) is 0.236. The monoisotopic (exact) mass is 622 g/mol. The third-order valence-electron chi connectivity index (χ3n) is 6.74. The summed E-state index contributed by atoms with van der Waals surface area (Å²) in [5.41, 5.74) is 5.03. The van der Waals surface area contributed by atoms with Gasteiger partial charge in [0.15, 0.2) is 11.0 Å². The molecule has 0 spiro atoms. The number of halogens is 3. The maximum absolute atomic E-state index is 12.8. The number of aliphatic imine (C=N–C) groups is 1. The van der Waals surface area contributed by atoms with Crippen LogP contribution in [0.1, 0.15) is 36.5 Å². The Hall–Kier alpha value is -4.65. The summed E-state index contributed by atoms with van der Waals surface area (Å²) in [5.74, 6) is 0.429. The van der Waals surface area contributed by atoms with Crippen molar-refractivity contribution in [2.75, 3.05) is 17.2 Å². The molecule has 3 amide bonds. The summed E-state index contributed by atoms with van der Waals surface area (Å²) in [6.45, 7) is 6.42. The minimum absolute atomic E-state index is 0.109. The Bertz CT molecular complexity index is 1690. The maximum atomic E-state index is 12.8. The second kappa shape index (κ2) is 12.9. The van der Waals surface area contributed by atoms with Crippen LogP contribution in [0, 0.1) is 6.92 Å². The van der Waals surface area contributed by atoms with Gasteiger partial charge >= 0.3 is 12.4 Å². The highest BCUT2D eigenvalue weighted by Gasteiger charge is 2.33. The molecule has 1 aliphatic heterocycles. The van der Waals surface area contributed by atoms with Gasteiger partial charge in [0.1, 0.15) is 12.1 Å². The SMILES string of the molecule is Cc1ccc(C(C)C)c(N2C(=O)CS/C2=N\C(=O)NCCc2ccc(-c3ncn(-c4ccc(OC(F)(F)F)cc4)n3)cc2)c1. The molecule has 1 fully saturated rings. The molecule has 1 saturated heterocycles. The van der Waals surface area contributed by atoms with E-state index in [4.69, 9.17) is 0 Å². The van der Waals surface area contributed by atoms with Crippen molar-refractivity contribution in [2.24, 2.45) is 4.99 Å². The summed E-state index contributed by atoms with van der Waals surface area (Å²) in [6.07, 6.45) is -2.73. The summed E-state index contributed by atoms with van der Waals surface area (Å²) >= 11 is 1.25. The molecule has 0 saturated carbocycles. The fourth-order valence-electron chi connectivity index (χ4n) is 4.60. The van der Waals surface area contributed by atoms with E-state index in [1.165, 1.54) is 51.9 Å². The van der Waals surface area contributed by atoms with Crippen LogP contribution >= 0.6 is 11.8 Å². The molecule has 44 heavy (non-hydrogen) atoms. The van der Waals surface area contributed by atoms with E-state index in [1.807, 2.05) is 49.4 Å². The Labute approximate surface area is 256 Å². The third-order valence-corrected chi connectivity index (χ3v) is 7.66. The summed E-state index contributed by atoms with van der Waals surface area (Å²) in [6, 6.07) is 18.3. The van der Waals surface area contributed by atoms with Gasteiger partial charge in [-0.05, 0) is 66.3 Å². The Balaban J connectivity index is 1.17. The predicted molar refractivity (Wildman–Crippen MR) is 163 cm³/mol. The molecule has 4 aromatic rings. The van der Waals surface area contributed by atoms with Crippen molar-refractivity contribution in [3.63, 3.8) is 0 Å². The summed E-state index contributed by atoms with van der Waals surface area (Å²) < 4.78 is 42.5. The molecule has 5 rings (SSSR count). The third kappa shape index (κ3) is 7.46. The van der Waals surface area contributed by atoms with Gasteiger partial charge in [-0.1, -0.05) is 62.0 Å². The van der Waals surface area contributed by atoms with Crippen LogP contribution in [0.4, 0.5) is 23.7 Å². The average molecular weight is 623 g/mol. The lowest BCUT2D eigenvalue weighted by Crippen LogP contribution is -2.32. The lowest BCUT2D eigenvalue weighted by atomic mass is 9.99. The Morgan fingerprint density at radius 1 is 1.09 bits per heavy atom. The molecule has 1 N–H and O–H groups in total. The lowest BCUT2D eigenvalue weighted by Gasteiger charge is -2.22. The van der Waals surface area contributed by atoms with Crippen molar-refractivity contribution >= 4 is 34.6 Å². The van der Waals surface area contributed by atoms with Crippen LogP contribution in [-0.2, 0) is 11.2 Å². The van der Waals surface area contributed by atoms with Crippen molar-refractivity contribution in [2.45, 2.75) is 39.5 Å². The van der Waals surface area contributed by atoms with E-state index in [-0.39, 0.29) is 23.3 Å². The van der Waals surface area contributed by atoms with Crippen molar-refractivity contribution < 1.29 is 27.5 Å². The number of ether oxygens (including phenoxy) is 1. The van der Waals surface area contributed by atoms with Gasteiger partial charge in [0.2, 0.25) is 5.91 Å². The van der Waals surface area contributed by atoms with Crippen LogP contribution in [0.2, 0.25) is 0 Å². The van der Waals surface area contributed by atoms with Crippen molar-refractivity contribution in [1.82, 2.24) is 20.1 Å². The number of nitrogens with zero attached hydrogens (tertiary/aromatic N) is 5. The Morgan fingerprint density at radius 3 is 2.50 bits per heavy atom. The number of anilines is 1. The summed E-state index contributed by atoms with van der Waals surface area (Å²) in [7, 11) is 0. The number of rotatable bonds is 8. The van der Waals surface area contributed by atoms with E-state index in [1.54, 1.807) is 0 Å². The first kappa shape index (κ1) is 30.8. The Morgan fingerprint density at radius 2 is 1.82 bits per heavy atom. The smallest absolute Gasteiger partial charge is 0.406 e. The molecule has 9 nitrogen and oxygen atoms in total. The van der Waals surface area contributed by atoms with Crippen LogP contribution in [0.5, 0.6) is 5.75 Å². The van der Waals surface area contributed by atoms with E-state index < -0.39 is 12.4 Å². The first-order valence-corrected chi connectivity index (χ1v) is 14.8. The highest BCUT2D eigenvalue weighted by atomic mass is 32.2.